The quantitative estimate of drug-likeness (QED) is 0.754. The fraction of sp³-hybridized carbons (Fsp3) is 0.364. The van der Waals surface area contributed by atoms with Crippen LogP contribution in [0.4, 0.5) is 14.5 Å². The number of aliphatic hydroxyl groups excluding tert-OH is 1. The molecule has 1 rings (SSSR count). The molecule has 0 aliphatic heterocycles. The summed E-state index contributed by atoms with van der Waals surface area (Å²) in [4.78, 5) is 11.5. The lowest BCUT2D eigenvalue weighted by Crippen LogP contribution is -2.39. The maximum atomic E-state index is 12.7. The molecule has 106 valence electrons. The summed E-state index contributed by atoms with van der Waals surface area (Å²) < 4.78 is 25.3. The zero-order valence-electron chi connectivity index (χ0n) is 9.72. The maximum Gasteiger partial charge on any atom is 0.282 e. The lowest BCUT2D eigenvalue weighted by atomic mass is 10.3. The summed E-state index contributed by atoms with van der Waals surface area (Å²) in [5.74, 6) is -3.83. The summed E-state index contributed by atoms with van der Waals surface area (Å²) in [5, 5.41) is 13.5. The van der Waals surface area contributed by atoms with Crippen LogP contribution in [0.25, 0.3) is 0 Å². The number of aliphatic hydroxyl groups is 1. The first-order valence-electron chi connectivity index (χ1n) is 5.29. The molecule has 0 aliphatic carbocycles. The van der Waals surface area contributed by atoms with Crippen LogP contribution in [0.3, 0.4) is 0 Å². The molecule has 0 saturated heterocycles. The molecule has 0 spiro atoms. The lowest BCUT2D eigenvalue weighted by molar-refractivity contribution is -0.115. The van der Waals surface area contributed by atoms with Gasteiger partial charge in [0.2, 0.25) is 5.91 Å². The molecule has 1 amide bonds. The Morgan fingerprint density at radius 3 is 2.42 bits per heavy atom. The fourth-order valence-electron chi connectivity index (χ4n) is 1.22. The van der Waals surface area contributed by atoms with Crippen LogP contribution >= 0.6 is 23.2 Å². The minimum absolute atomic E-state index is 0.228. The van der Waals surface area contributed by atoms with E-state index in [4.69, 9.17) is 28.3 Å². The number of benzene rings is 1. The van der Waals surface area contributed by atoms with Crippen LogP contribution in [0.15, 0.2) is 18.2 Å². The van der Waals surface area contributed by atoms with Gasteiger partial charge in [-0.05, 0) is 12.1 Å². The first kappa shape index (κ1) is 16.1. The smallest absolute Gasteiger partial charge is 0.282 e. The van der Waals surface area contributed by atoms with E-state index in [0.717, 1.165) is 0 Å². The fourth-order valence-corrected chi connectivity index (χ4v) is 1.71. The number of rotatable bonds is 6. The number of halogens is 4. The Morgan fingerprint density at radius 1 is 1.32 bits per heavy atom. The van der Waals surface area contributed by atoms with Crippen LogP contribution in [0.2, 0.25) is 10.0 Å². The van der Waals surface area contributed by atoms with Crippen molar-refractivity contribution in [2.24, 2.45) is 0 Å². The molecule has 4 nitrogen and oxygen atoms in total. The van der Waals surface area contributed by atoms with Crippen molar-refractivity contribution in [2.45, 2.75) is 5.92 Å². The molecule has 0 unspecified atom stereocenters. The zero-order valence-corrected chi connectivity index (χ0v) is 11.2. The Bertz CT molecular complexity index is 438. The molecule has 1 aromatic carbocycles. The van der Waals surface area contributed by atoms with Crippen LogP contribution in [0, 0.1) is 0 Å². The summed E-state index contributed by atoms with van der Waals surface area (Å²) in [6, 6.07) is 4.69. The maximum absolute atomic E-state index is 12.7. The van der Waals surface area contributed by atoms with Gasteiger partial charge in [-0.2, -0.15) is 0 Å². The van der Waals surface area contributed by atoms with Crippen molar-refractivity contribution < 1.29 is 18.7 Å². The highest BCUT2D eigenvalue weighted by atomic mass is 35.5. The molecule has 8 heteroatoms. The third kappa shape index (κ3) is 5.28. The number of amides is 1. The summed E-state index contributed by atoms with van der Waals surface area (Å²) in [6.07, 6.45) is 0. The van der Waals surface area contributed by atoms with E-state index in [9.17, 15) is 13.6 Å². The summed E-state index contributed by atoms with van der Waals surface area (Å²) in [6.45, 7) is -2.43. The molecular weight excluding hydrogens is 301 g/mol. The van der Waals surface area contributed by atoms with Crippen LogP contribution in [-0.4, -0.2) is 36.6 Å². The van der Waals surface area contributed by atoms with Gasteiger partial charge in [-0.3, -0.25) is 4.79 Å². The van der Waals surface area contributed by atoms with Gasteiger partial charge in [0.05, 0.1) is 28.8 Å². The zero-order chi connectivity index (χ0) is 14.5. The van der Waals surface area contributed by atoms with E-state index < -0.39 is 25.0 Å². The Hall–Kier alpha value is -0.950. The summed E-state index contributed by atoms with van der Waals surface area (Å²) >= 11 is 11.7. The van der Waals surface area contributed by atoms with Gasteiger partial charge in [0.15, 0.2) is 0 Å². The van der Waals surface area contributed by atoms with Crippen molar-refractivity contribution in [3.05, 3.63) is 28.2 Å². The van der Waals surface area contributed by atoms with Gasteiger partial charge in [0.25, 0.3) is 5.92 Å². The second-order valence-electron chi connectivity index (χ2n) is 3.76. The van der Waals surface area contributed by atoms with Crippen molar-refractivity contribution in [2.75, 3.05) is 25.0 Å². The Labute approximate surface area is 118 Å². The second-order valence-corrected chi connectivity index (χ2v) is 4.58. The second kappa shape index (κ2) is 7.00. The van der Waals surface area contributed by atoms with E-state index in [1.165, 1.54) is 12.1 Å². The van der Waals surface area contributed by atoms with Gasteiger partial charge in [-0.1, -0.05) is 29.3 Å². The predicted octanol–water partition coefficient (Wildman–Crippen LogP) is 2.15. The average Bonchev–Trinajstić information content (AvgIpc) is 2.34. The van der Waals surface area contributed by atoms with E-state index in [2.05, 4.69) is 10.6 Å². The SMILES string of the molecule is O=C(CNCC(F)(F)CO)Nc1c(Cl)cccc1Cl. The molecule has 0 fully saturated rings. The van der Waals surface area contributed by atoms with Crippen LogP contribution < -0.4 is 10.6 Å². The number of hydrogen-bond acceptors (Lipinski definition) is 3. The molecule has 0 heterocycles. The first-order chi connectivity index (χ1) is 8.85. The number of hydrogen-bond donors (Lipinski definition) is 3. The number of alkyl halides is 2. The normalized spacial score (nSPS) is 11.4. The average molecular weight is 313 g/mol. The highest BCUT2D eigenvalue weighted by Gasteiger charge is 2.27. The largest absolute Gasteiger partial charge is 0.390 e. The van der Waals surface area contributed by atoms with Crippen LogP contribution in [0.1, 0.15) is 0 Å². The molecule has 0 atom stereocenters. The highest BCUT2D eigenvalue weighted by Crippen LogP contribution is 2.29. The summed E-state index contributed by atoms with van der Waals surface area (Å²) in [7, 11) is 0. The third-order valence-electron chi connectivity index (χ3n) is 2.13. The van der Waals surface area contributed by atoms with Gasteiger partial charge >= 0.3 is 0 Å². The van der Waals surface area contributed by atoms with Crippen molar-refractivity contribution >= 4 is 34.8 Å². The van der Waals surface area contributed by atoms with E-state index in [1.807, 2.05) is 0 Å². The molecule has 0 aliphatic rings. The van der Waals surface area contributed by atoms with Crippen molar-refractivity contribution in [1.82, 2.24) is 5.32 Å². The minimum Gasteiger partial charge on any atom is -0.390 e. The third-order valence-corrected chi connectivity index (χ3v) is 2.76. The molecule has 3 N–H and O–H groups in total. The van der Waals surface area contributed by atoms with Crippen molar-refractivity contribution in [3.8, 4) is 0 Å². The molecule has 1 aromatic rings. The highest BCUT2D eigenvalue weighted by molar-refractivity contribution is 6.39. The predicted molar refractivity (Wildman–Crippen MR) is 70.0 cm³/mol. The van der Waals surface area contributed by atoms with E-state index >= 15 is 0 Å². The number of para-hydroxylation sites is 1. The van der Waals surface area contributed by atoms with Gasteiger partial charge in [-0.15, -0.1) is 0 Å². The van der Waals surface area contributed by atoms with Gasteiger partial charge in [0, 0.05) is 0 Å². The van der Waals surface area contributed by atoms with E-state index in [1.54, 1.807) is 6.07 Å². The molecule has 0 bridgehead atoms. The minimum atomic E-state index is -3.26. The Kier molecular flexibility index (Phi) is 5.93. The lowest BCUT2D eigenvalue weighted by Gasteiger charge is -2.14. The van der Waals surface area contributed by atoms with Crippen LogP contribution in [0.5, 0.6) is 0 Å². The van der Waals surface area contributed by atoms with Crippen LogP contribution in [-0.2, 0) is 4.79 Å². The van der Waals surface area contributed by atoms with Gasteiger partial charge in [-0.25, -0.2) is 8.78 Å². The number of carbonyl (C=O) groups excluding carboxylic acids is 1. The van der Waals surface area contributed by atoms with Crippen molar-refractivity contribution in [1.29, 1.82) is 0 Å². The standard InChI is InChI=1S/C11H12Cl2F2N2O2/c12-7-2-1-3-8(13)10(7)17-9(19)4-16-5-11(14,15)6-18/h1-3,16,18H,4-6H2,(H,17,19). The van der Waals surface area contributed by atoms with E-state index in [-0.39, 0.29) is 22.3 Å². The molecule has 0 saturated carbocycles. The van der Waals surface area contributed by atoms with E-state index in [0.29, 0.717) is 0 Å². The van der Waals surface area contributed by atoms with Gasteiger partial charge < -0.3 is 15.7 Å². The summed E-state index contributed by atoms with van der Waals surface area (Å²) in [5.41, 5.74) is 0.228. The number of anilines is 1. The first-order valence-corrected chi connectivity index (χ1v) is 6.04. The molecular formula is C11H12Cl2F2N2O2. The van der Waals surface area contributed by atoms with Crippen molar-refractivity contribution in [3.63, 3.8) is 0 Å². The topological polar surface area (TPSA) is 61.4 Å². The molecule has 19 heavy (non-hydrogen) atoms. The van der Waals surface area contributed by atoms with Gasteiger partial charge in [0.1, 0.15) is 6.61 Å². The number of nitrogens with one attached hydrogen (secondary N) is 2. The molecule has 0 aromatic heterocycles. The Balaban J connectivity index is 2.48. The number of carbonyl (C=O) groups is 1. The Morgan fingerprint density at radius 2 is 1.89 bits per heavy atom. The molecule has 0 radical (unpaired) electrons. The monoisotopic (exact) mass is 312 g/mol.